The third-order valence-electron chi connectivity index (χ3n) is 4.81. The number of carbonyl (C=O) groups is 1. The molecule has 1 aliphatic rings. The number of nitrogens with zero attached hydrogens (tertiary/aromatic N) is 3. The molecule has 0 bridgehead atoms. The SMILES string of the molecule is CC(Sc1nc2ccccc2c(=O)n1-c1ccccc1)C(=O)N1CCCC1. The van der Waals surface area contributed by atoms with E-state index in [1.165, 1.54) is 11.8 Å². The number of benzene rings is 2. The van der Waals surface area contributed by atoms with Crippen LogP contribution in [0.5, 0.6) is 0 Å². The predicted octanol–water partition coefficient (Wildman–Crippen LogP) is 3.49. The number of hydrogen-bond acceptors (Lipinski definition) is 4. The van der Waals surface area contributed by atoms with Gasteiger partial charge in [0.25, 0.3) is 5.56 Å². The van der Waals surface area contributed by atoms with Gasteiger partial charge < -0.3 is 4.90 Å². The average molecular weight is 379 g/mol. The molecule has 138 valence electrons. The van der Waals surface area contributed by atoms with Gasteiger partial charge in [0, 0.05) is 13.1 Å². The van der Waals surface area contributed by atoms with Crippen LogP contribution < -0.4 is 5.56 Å². The number of aromatic nitrogens is 2. The summed E-state index contributed by atoms with van der Waals surface area (Å²) in [5.74, 6) is 0.111. The number of thioether (sulfide) groups is 1. The highest BCUT2D eigenvalue weighted by atomic mass is 32.2. The summed E-state index contributed by atoms with van der Waals surface area (Å²) in [7, 11) is 0. The zero-order valence-electron chi connectivity index (χ0n) is 15.2. The molecule has 1 fully saturated rings. The van der Waals surface area contributed by atoms with Crippen molar-refractivity contribution in [2.24, 2.45) is 0 Å². The first kappa shape index (κ1) is 17.8. The lowest BCUT2D eigenvalue weighted by Crippen LogP contribution is -2.34. The van der Waals surface area contributed by atoms with Gasteiger partial charge in [-0.2, -0.15) is 0 Å². The monoisotopic (exact) mass is 379 g/mol. The van der Waals surface area contributed by atoms with Crippen molar-refractivity contribution in [1.29, 1.82) is 0 Å². The molecule has 27 heavy (non-hydrogen) atoms. The van der Waals surface area contributed by atoms with E-state index in [0.717, 1.165) is 31.6 Å². The minimum absolute atomic E-state index is 0.111. The molecule has 6 heteroatoms. The van der Waals surface area contributed by atoms with Gasteiger partial charge in [0.1, 0.15) is 0 Å². The Labute approximate surface area is 162 Å². The minimum atomic E-state index is -0.300. The maximum atomic E-state index is 13.2. The molecule has 2 heterocycles. The second-order valence-corrected chi connectivity index (χ2v) is 7.99. The first-order valence-electron chi connectivity index (χ1n) is 9.18. The van der Waals surface area contributed by atoms with Crippen LogP contribution >= 0.6 is 11.8 Å². The molecule has 0 saturated carbocycles. The molecule has 0 N–H and O–H groups in total. The normalized spacial score (nSPS) is 15.2. The second-order valence-electron chi connectivity index (χ2n) is 6.68. The van der Waals surface area contributed by atoms with E-state index in [2.05, 4.69) is 0 Å². The molecule has 1 unspecified atom stereocenters. The summed E-state index contributed by atoms with van der Waals surface area (Å²) in [5, 5.41) is 0.820. The van der Waals surface area contributed by atoms with Crippen LogP contribution in [0.3, 0.4) is 0 Å². The maximum absolute atomic E-state index is 13.2. The molecule has 1 aliphatic heterocycles. The number of hydrogen-bond donors (Lipinski definition) is 0. The zero-order valence-corrected chi connectivity index (χ0v) is 16.0. The minimum Gasteiger partial charge on any atom is -0.342 e. The van der Waals surface area contributed by atoms with Gasteiger partial charge in [0.05, 0.1) is 21.8 Å². The molecular weight excluding hydrogens is 358 g/mol. The third-order valence-corrected chi connectivity index (χ3v) is 5.85. The predicted molar refractivity (Wildman–Crippen MR) is 108 cm³/mol. The molecular formula is C21H21N3O2S. The Morgan fingerprint density at radius 1 is 1.04 bits per heavy atom. The summed E-state index contributed by atoms with van der Waals surface area (Å²) >= 11 is 1.35. The van der Waals surface area contributed by atoms with Crippen LogP contribution in [0.25, 0.3) is 16.6 Å². The average Bonchev–Trinajstić information content (AvgIpc) is 3.23. The van der Waals surface area contributed by atoms with Gasteiger partial charge in [-0.1, -0.05) is 42.1 Å². The van der Waals surface area contributed by atoms with Crippen LogP contribution in [0.1, 0.15) is 19.8 Å². The Hall–Kier alpha value is -2.60. The van der Waals surface area contributed by atoms with E-state index >= 15 is 0 Å². The van der Waals surface area contributed by atoms with Crippen molar-refractivity contribution in [1.82, 2.24) is 14.5 Å². The van der Waals surface area contributed by atoms with Crippen LogP contribution in [0.2, 0.25) is 0 Å². The molecule has 4 rings (SSSR count). The number of rotatable bonds is 4. The van der Waals surface area contributed by atoms with Crippen LogP contribution in [-0.2, 0) is 4.79 Å². The van der Waals surface area contributed by atoms with Gasteiger partial charge in [-0.05, 0) is 44.0 Å². The number of carbonyl (C=O) groups excluding carboxylic acids is 1. The maximum Gasteiger partial charge on any atom is 0.266 e. The summed E-state index contributed by atoms with van der Waals surface area (Å²) in [5.41, 5.74) is 1.29. The smallest absolute Gasteiger partial charge is 0.266 e. The van der Waals surface area contributed by atoms with E-state index in [-0.39, 0.29) is 16.7 Å². The summed E-state index contributed by atoms with van der Waals surface area (Å²) in [6.07, 6.45) is 2.12. The number of fused-ring (bicyclic) bond motifs is 1. The van der Waals surface area contributed by atoms with Gasteiger partial charge >= 0.3 is 0 Å². The Balaban J connectivity index is 1.78. The first-order valence-corrected chi connectivity index (χ1v) is 10.1. The molecule has 0 radical (unpaired) electrons. The van der Waals surface area contributed by atoms with E-state index < -0.39 is 0 Å². The summed E-state index contributed by atoms with van der Waals surface area (Å²) < 4.78 is 1.61. The fraction of sp³-hybridized carbons (Fsp3) is 0.286. The third kappa shape index (κ3) is 3.49. The lowest BCUT2D eigenvalue weighted by molar-refractivity contribution is -0.129. The van der Waals surface area contributed by atoms with Crippen molar-refractivity contribution in [3.63, 3.8) is 0 Å². The van der Waals surface area contributed by atoms with Crippen molar-refractivity contribution in [2.45, 2.75) is 30.2 Å². The molecule has 1 saturated heterocycles. The molecule has 3 aromatic rings. The van der Waals surface area contributed by atoms with Gasteiger partial charge in [0.15, 0.2) is 5.16 Å². The summed E-state index contributed by atoms with van der Waals surface area (Å²) in [6.45, 7) is 3.53. The highest BCUT2D eigenvalue weighted by Crippen LogP contribution is 2.27. The van der Waals surface area contributed by atoms with Crippen LogP contribution in [-0.4, -0.2) is 38.7 Å². The Morgan fingerprint density at radius 3 is 2.44 bits per heavy atom. The van der Waals surface area contributed by atoms with Crippen molar-refractivity contribution in [3.05, 3.63) is 65.0 Å². The topological polar surface area (TPSA) is 55.2 Å². The fourth-order valence-corrected chi connectivity index (χ4v) is 4.41. The fourth-order valence-electron chi connectivity index (χ4n) is 3.40. The Morgan fingerprint density at radius 2 is 1.70 bits per heavy atom. The second kappa shape index (κ2) is 7.56. The van der Waals surface area contributed by atoms with Gasteiger partial charge in [-0.3, -0.25) is 14.2 Å². The van der Waals surface area contributed by atoms with Gasteiger partial charge in [-0.25, -0.2) is 4.98 Å². The molecule has 2 aromatic carbocycles. The molecule has 1 aromatic heterocycles. The Bertz CT molecular complexity index is 1030. The van der Waals surface area contributed by atoms with Crippen LogP contribution in [0.15, 0.2) is 64.5 Å². The molecule has 5 nitrogen and oxygen atoms in total. The first-order chi connectivity index (χ1) is 13.1. The molecule has 1 atom stereocenters. The van der Waals surface area contributed by atoms with Crippen molar-refractivity contribution < 1.29 is 4.79 Å². The van der Waals surface area contributed by atoms with E-state index in [4.69, 9.17) is 4.98 Å². The molecule has 1 amide bonds. The van der Waals surface area contributed by atoms with Crippen molar-refractivity contribution in [3.8, 4) is 5.69 Å². The van der Waals surface area contributed by atoms with Crippen molar-refractivity contribution >= 4 is 28.6 Å². The van der Waals surface area contributed by atoms with E-state index in [1.807, 2.05) is 60.4 Å². The summed E-state index contributed by atoms with van der Waals surface area (Å²) in [4.78, 5) is 32.5. The molecule has 0 spiro atoms. The number of likely N-dealkylation sites (tertiary alicyclic amines) is 1. The Kier molecular flexibility index (Phi) is 4.99. The lowest BCUT2D eigenvalue weighted by atomic mass is 10.2. The van der Waals surface area contributed by atoms with Crippen LogP contribution in [0, 0.1) is 0 Å². The molecule has 0 aliphatic carbocycles. The van der Waals surface area contributed by atoms with Gasteiger partial charge in [-0.15, -0.1) is 0 Å². The lowest BCUT2D eigenvalue weighted by Gasteiger charge is -2.21. The standard InChI is InChI=1S/C21H21N3O2S/c1-15(19(25)23-13-7-8-14-23)27-21-22-18-12-6-5-11-17(18)20(26)24(21)16-9-3-2-4-10-16/h2-6,9-12,15H,7-8,13-14H2,1H3. The van der Waals surface area contributed by atoms with Crippen LogP contribution in [0.4, 0.5) is 0 Å². The van der Waals surface area contributed by atoms with Gasteiger partial charge in [0.2, 0.25) is 5.91 Å². The number of amides is 1. The number of para-hydroxylation sites is 2. The zero-order chi connectivity index (χ0) is 18.8. The van der Waals surface area contributed by atoms with E-state index in [9.17, 15) is 9.59 Å². The van der Waals surface area contributed by atoms with Crippen molar-refractivity contribution in [2.75, 3.05) is 13.1 Å². The van der Waals surface area contributed by atoms with E-state index in [1.54, 1.807) is 10.6 Å². The quantitative estimate of drug-likeness (QED) is 0.514. The summed E-state index contributed by atoms with van der Waals surface area (Å²) in [6, 6.07) is 16.8. The highest BCUT2D eigenvalue weighted by molar-refractivity contribution is 8.00. The largest absolute Gasteiger partial charge is 0.342 e. The van der Waals surface area contributed by atoms with E-state index in [0.29, 0.717) is 16.1 Å². The highest BCUT2D eigenvalue weighted by Gasteiger charge is 2.26.